The zero-order chi connectivity index (χ0) is 16.6. The molecule has 0 aromatic heterocycles. The topological polar surface area (TPSA) is 44.8 Å². The SMILES string of the molecule is C/C(=C/C(=O)CCC(C)(C)C)[O][Al]([O]C(C)C)[O]C(C)C. The van der Waals surface area contributed by atoms with E-state index in [-0.39, 0.29) is 23.4 Å². The molecule has 0 fully saturated rings. The van der Waals surface area contributed by atoms with Gasteiger partial charge in [-0.1, -0.05) is 20.8 Å². The highest BCUT2D eigenvalue weighted by atomic mass is 27.3. The molecule has 0 unspecified atom stereocenters. The number of allylic oxidation sites excluding steroid dienone is 2. The van der Waals surface area contributed by atoms with E-state index in [1.165, 1.54) is 0 Å². The van der Waals surface area contributed by atoms with Gasteiger partial charge in [0.1, 0.15) is 0 Å². The van der Waals surface area contributed by atoms with Gasteiger partial charge in [-0.15, -0.1) is 0 Å². The van der Waals surface area contributed by atoms with E-state index in [0.717, 1.165) is 6.42 Å². The Morgan fingerprint density at radius 2 is 1.57 bits per heavy atom. The van der Waals surface area contributed by atoms with Crippen LogP contribution in [-0.2, 0) is 16.2 Å². The number of carbonyl (C=O) groups excluding carboxylic acids is 1. The number of ketones is 1. The predicted octanol–water partition coefficient (Wildman–Crippen LogP) is 4.14. The van der Waals surface area contributed by atoms with E-state index >= 15 is 0 Å². The highest BCUT2D eigenvalue weighted by Crippen LogP contribution is 2.21. The standard InChI is InChI=1S/C10H18O2.2C3H7O.Al/c1-8(11)7-9(12)5-6-10(2,3)4;2*1-3(2)4;/h7,11H,5-6H2,1-4H3;2*3H,1-2H3;/q;2*-1;+3/p-1/b8-7-;;;. The van der Waals surface area contributed by atoms with Crippen molar-refractivity contribution < 1.29 is 16.2 Å². The summed E-state index contributed by atoms with van der Waals surface area (Å²) in [7, 11) is 0. The van der Waals surface area contributed by atoms with E-state index in [9.17, 15) is 4.79 Å². The first-order valence-corrected chi connectivity index (χ1v) is 9.09. The van der Waals surface area contributed by atoms with Crippen LogP contribution < -0.4 is 0 Å². The number of hydrogen-bond donors (Lipinski definition) is 0. The van der Waals surface area contributed by atoms with Crippen LogP contribution in [0.4, 0.5) is 0 Å². The monoisotopic (exact) mass is 314 g/mol. The molecule has 0 saturated carbocycles. The molecule has 0 aliphatic carbocycles. The molecule has 0 N–H and O–H groups in total. The van der Waals surface area contributed by atoms with E-state index in [4.69, 9.17) is 11.4 Å². The van der Waals surface area contributed by atoms with Crippen LogP contribution in [0.25, 0.3) is 0 Å². The summed E-state index contributed by atoms with van der Waals surface area (Å²) in [6.07, 6.45) is 3.04. The lowest BCUT2D eigenvalue weighted by atomic mass is 9.89. The summed E-state index contributed by atoms with van der Waals surface area (Å²) in [5.41, 5.74) is 0.164. The second-order valence-electron chi connectivity index (χ2n) is 7.06. The quantitative estimate of drug-likeness (QED) is 0.364. The van der Waals surface area contributed by atoms with Gasteiger partial charge in [-0.3, -0.25) is 4.79 Å². The number of carbonyl (C=O) groups is 1. The van der Waals surface area contributed by atoms with Gasteiger partial charge in [0.05, 0.1) is 5.76 Å². The average Bonchev–Trinajstić information content (AvgIpc) is 2.22. The Labute approximate surface area is 135 Å². The second kappa shape index (κ2) is 9.63. The first kappa shape index (κ1) is 20.7. The maximum atomic E-state index is 11.9. The summed E-state index contributed by atoms with van der Waals surface area (Å²) in [6.45, 7) is 15.9. The van der Waals surface area contributed by atoms with E-state index in [1.54, 1.807) is 13.0 Å². The Morgan fingerprint density at radius 3 is 1.95 bits per heavy atom. The molecule has 5 heteroatoms. The first-order chi connectivity index (χ1) is 9.49. The summed E-state index contributed by atoms with van der Waals surface area (Å²) in [6, 6.07) is 0. The van der Waals surface area contributed by atoms with E-state index in [0.29, 0.717) is 12.2 Å². The Bertz CT molecular complexity index is 333. The fraction of sp³-hybridized carbons (Fsp3) is 0.812. The Morgan fingerprint density at radius 1 is 1.10 bits per heavy atom. The van der Waals surface area contributed by atoms with E-state index < -0.39 is 15.1 Å². The van der Waals surface area contributed by atoms with E-state index in [2.05, 4.69) is 20.8 Å². The second-order valence-corrected chi connectivity index (χ2v) is 8.42. The fourth-order valence-electron chi connectivity index (χ4n) is 1.51. The molecule has 0 amide bonds. The van der Waals surface area contributed by atoms with Crippen LogP contribution in [0, 0.1) is 5.41 Å². The normalized spacial score (nSPS) is 13.0. The van der Waals surface area contributed by atoms with Crippen molar-refractivity contribution >= 4 is 20.9 Å². The van der Waals surface area contributed by atoms with Gasteiger partial charge in [-0.05, 0) is 46.5 Å². The van der Waals surface area contributed by atoms with Crippen molar-refractivity contribution in [1.82, 2.24) is 0 Å². The zero-order valence-electron chi connectivity index (χ0n) is 14.9. The number of hydrogen-bond acceptors (Lipinski definition) is 4. The predicted molar refractivity (Wildman–Crippen MR) is 86.7 cm³/mol. The van der Waals surface area contributed by atoms with Crippen LogP contribution in [-0.4, -0.2) is 33.1 Å². The molecule has 0 aromatic carbocycles. The molecule has 21 heavy (non-hydrogen) atoms. The van der Waals surface area contributed by atoms with Crippen LogP contribution in [0.1, 0.15) is 68.2 Å². The van der Waals surface area contributed by atoms with Crippen LogP contribution >= 0.6 is 0 Å². The minimum Gasteiger partial charge on any atom is -0.602 e. The van der Waals surface area contributed by atoms with Crippen LogP contribution in [0.5, 0.6) is 0 Å². The van der Waals surface area contributed by atoms with Crippen LogP contribution in [0.2, 0.25) is 0 Å². The molecular formula is C16H31AlO4. The molecule has 0 aromatic rings. The van der Waals surface area contributed by atoms with Crippen molar-refractivity contribution in [1.29, 1.82) is 0 Å². The van der Waals surface area contributed by atoms with Crippen molar-refractivity contribution in [2.75, 3.05) is 0 Å². The summed E-state index contributed by atoms with van der Waals surface area (Å²) in [5.74, 6) is 0.663. The highest BCUT2D eigenvalue weighted by molar-refractivity contribution is 6.37. The van der Waals surface area contributed by atoms with Gasteiger partial charge < -0.3 is 11.4 Å². The molecule has 0 radical (unpaired) electrons. The lowest BCUT2D eigenvalue weighted by molar-refractivity contribution is -0.115. The Kier molecular flexibility index (Phi) is 9.48. The van der Waals surface area contributed by atoms with Gasteiger partial charge in [-0.2, -0.15) is 0 Å². The minimum absolute atomic E-state index is 0.0461. The van der Waals surface area contributed by atoms with Gasteiger partial charge in [0.15, 0.2) is 5.78 Å². The largest absolute Gasteiger partial charge is 1.00 e. The Hall–Kier alpha value is -0.338. The van der Waals surface area contributed by atoms with Gasteiger partial charge in [0, 0.05) is 24.7 Å². The maximum Gasteiger partial charge on any atom is 1.00 e. The molecular weight excluding hydrogens is 283 g/mol. The maximum absolute atomic E-state index is 11.9. The smallest absolute Gasteiger partial charge is 0.602 e. The summed E-state index contributed by atoms with van der Waals surface area (Å²) in [4.78, 5) is 11.9. The van der Waals surface area contributed by atoms with Crippen molar-refractivity contribution in [3.8, 4) is 0 Å². The molecule has 0 atom stereocenters. The molecule has 0 saturated heterocycles. The molecule has 4 nitrogen and oxygen atoms in total. The van der Waals surface area contributed by atoms with Gasteiger partial charge in [0.2, 0.25) is 0 Å². The third-order valence-electron chi connectivity index (χ3n) is 2.53. The van der Waals surface area contributed by atoms with Gasteiger partial charge >= 0.3 is 15.1 Å². The fourth-order valence-corrected chi connectivity index (χ4v) is 2.95. The Balaban J connectivity index is 4.48. The van der Waals surface area contributed by atoms with Crippen molar-refractivity contribution in [3.63, 3.8) is 0 Å². The third kappa shape index (κ3) is 13.1. The highest BCUT2D eigenvalue weighted by Gasteiger charge is 2.37. The summed E-state index contributed by atoms with van der Waals surface area (Å²) in [5, 5.41) is 0. The van der Waals surface area contributed by atoms with Crippen LogP contribution in [0.15, 0.2) is 11.8 Å². The molecule has 0 rings (SSSR count). The molecule has 0 aliphatic heterocycles. The molecule has 122 valence electrons. The molecule has 0 spiro atoms. The average molecular weight is 314 g/mol. The van der Waals surface area contributed by atoms with Gasteiger partial charge in [0.25, 0.3) is 0 Å². The van der Waals surface area contributed by atoms with Crippen molar-refractivity contribution in [3.05, 3.63) is 11.8 Å². The number of rotatable bonds is 9. The van der Waals surface area contributed by atoms with Crippen LogP contribution in [0.3, 0.4) is 0 Å². The van der Waals surface area contributed by atoms with Crippen molar-refractivity contribution in [2.24, 2.45) is 5.41 Å². The lowest BCUT2D eigenvalue weighted by Gasteiger charge is -2.19. The summed E-state index contributed by atoms with van der Waals surface area (Å²) < 4.78 is 17.0. The third-order valence-corrected chi connectivity index (χ3v) is 4.63. The summed E-state index contributed by atoms with van der Waals surface area (Å²) >= 11 is -2.24. The first-order valence-electron chi connectivity index (χ1n) is 7.68. The molecule has 0 heterocycles. The van der Waals surface area contributed by atoms with Crippen molar-refractivity contribution in [2.45, 2.75) is 80.4 Å². The van der Waals surface area contributed by atoms with E-state index in [1.807, 2.05) is 27.7 Å². The lowest BCUT2D eigenvalue weighted by Crippen LogP contribution is -2.32. The molecule has 0 bridgehead atoms. The molecule has 0 aliphatic rings. The zero-order valence-corrected chi connectivity index (χ0v) is 16.0. The van der Waals surface area contributed by atoms with Gasteiger partial charge in [-0.25, -0.2) is 0 Å². The minimum atomic E-state index is -2.24.